The molecule has 0 saturated carbocycles. The third kappa shape index (κ3) is 17.6. The molecule has 1 atom stereocenters. The van der Waals surface area contributed by atoms with Crippen molar-refractivity contribution < 1.29 is 19.1 Å². The summed E-state index contributed by atoms with van der Waals surface area (Å²) >= 11 is 0. The van der Waals surface area contributed by atoms with Gasteiger partial charge in [0.05, 0.1) is 12.7 Å². The van der Waals surface area contributed by atoms with E-state index in [1.807, 2.05) is 6.92 Å². The van der Waals surface area contributed by atoms with Gasteiger partial charge in [-0.2, -0.15) is 0 Å². The molecule has 148 valence electrons. The molecule has 0 N–H and O–H groups in total. The highest BCUT2D eigenvalue weighted by Gasteiger charge is 2.15. The lowest BCUT2D eigenvalue weighted by Crippen LogP contribution is -2.20. The van der Waals surface area contributed by atoms with Gasteiger partial charge in [-0.15, -0.1) is 0 Å². The maximum absolute atomic E-state index is 11.6. The number of esters is 2. The minimum Gasteiger partial charge on any atom is -0.465 e. The summed E-state index contributed by atoms with van der Waals surface area (Å²) in [6.07, 6.45) is 12.8. The fourth-order valence-corrected chi connectivity index (χ4v) is 2.92. The van der Waals surface area contributed by atoms with Gasteiger partial charge in [0.2, 0.25) is 0 Å². The standard InChI is InChI=1S/C21H40O4/c1-5-6-7-8-9-10-11-12-13-14-15-24-20(22)17-21(23)25-19(4)16-18(2)3/h18-19H,5-17H2,1-4H3. The summed E-state index contributed by atoms with van der Waals surface area (Å²) in [4.78, 5) is 23.2. The van der Waals surface area contributed by atoms with Gasteiger partial charge in [0.15, 0.2) is 0 Å². The highest BCUT2D eigenvalue weighted by molar-refractivity contribution is 5.91. The SMILES string of the molecule is CCCCCCCCCCCCOC(=O)CC(=O)OC(C)CC(C)C. The fraction of sp³-hybridized carbons (Fsp3) is 0.905. The molecule has 0 aromatic rings. The van der Waals surface area contributed by atoms with Crippen molar-refractivity contribution in [3.63, 3.8) is 0 Å². The third-order valence-corrected chi connectivity index (χ3v) is 4.19. The number of unbranched alkanes of at least 4 members (excludes halogenated alkanes) is 9. The summed E-state index contributed by atoms with van der Waals surface area (Å²) in [5.41, 5.74) is 0. The fourth-order valence-electron chi connectivity index (χ4n) is 2.92. The molecule has 0 amide bonds. The normalized spacial score (nSPS) is 12.2. The topological polar surface area (TPSA) is 52.6 Å². The van der Waals surface area contributed by atoms with Crippen LogP contribution < -0.4 is 0 Å². The Morgan fingerprint density at radius 2 is 1.28 bits per heavy atom. The highest BCUT2D eigenvalue weighted by atomic mass is 16.6. The Hall–Kier alpha value is -1.06. The maximum atomic E-state index is 11.6. The van der Waals surface area contributed by atoms with Crippen LogP contribution in [-0.2, 0) is 19.1 Å². The molecule has 25 heavy (non-hydrogen) atoms. The average Bonchev–Trinajstić information content (AvgIpc) is 2.51. The zero-order chi connectivity index (χ0) is 18.9. The molecule has 0 radical (unpaired) electrons. The molecule has 0 rings (SSSR count). The van der Waals surface area contributed by atoms with Crippen LogP contribution >= 0.6 is 0 Å². The molecule has 0 saturated heterocycles. The van der Waals surface area contributed by atoms with Crippen molar-refractivity contribution in [3.8, 4) is 0 Å². The van der Waals surface area contributed by atoms with Gasteiger partial charge in [-0.1, -0.05) is 78.6 Å². The number of carbonyl (C=O) groups is 2. The van der Waals surface area contributed by atoms with Gasteiger partial charge in [-0.25, -0.2) is 0 Å². The maximum Gasteiger partial charge on any atom is 0.317 e. The zero-order valence-electron chi connectivity index (χ0n) is 17.0. The molecule has 0 aliphatic heterocycles. The third-order valence-electron chi connectivity index (χ3n) is 4.19. The summed E-state index contributed by atoms with van der Waals surface area (Å²) in [5, 5.41) is 0. The first-order chi connectivity index (χ1) is 12.0. The predicted molar refractivity (Wildman–Crippen MR) is 102 cm³/mol. The van der Waals surface area contributed by atoms with E-state index in [1.165, 1.54) is 51.4 Å². The van der Waals surface area contributed by atoms with Crippen LogP contribution in [0.5, 0.6) is 0 Å². The summed E-state index contributed by atoms with van der Waals surface area (Å²) < 4.78 is 10.3. The van der Waals surface area contributed by atoms with Gasteiger partial charge in [-0.3, -0.25) is 9.59 Å². The Balaban J connectivity index is 3.44. The van der Waals surface area contributed by atoms with Crippen LogP contribution in [0.3, 0.4) is 0 Å². The van der Waals surface area contributed by atoms with E-state index in [0.717, 1.165) is 19.3 Å². The van der Waals surface area contributed by atoms with Crippen LogP contribution in [0.4, 0.5) is 0 Å². The highest BCUT2D eigenvalue weighted by Crippen LogP contribution is 2.11. The van der Waals surface area contributed by atoms with Crippen molar-refractivity contribution in [1.82, 2.24) is 0 Å². The van der Waals surface area contributed by atoms with E-state index in [0.29, 0.717) is 12.5 Å². The molecule has 0 aliphatic rings. The van der Waals surface area contributed by atoms with Gasteiger partial charge >= 0.3 is 11.9 Å². The minimum atomic E-state index is -0.485. The molecule has 4 nitrogen and oxygen atoms in total. The Kier molecular flexibility index (Phi) is 15.7. The molecule has 0 aromatic carbocycles. The first-order valence-electron chi connectivity index (χ1n) is 10.3. The molecule has 0 bridgehead atoms. The van der Waals surface area contributed by atoms with Crippen molar-refractivity contribution in [1.29, 1.82) is 0 Å². The van der Waals surface area contributed by atoms with E-state index in [4.69, 9.17) is 9.47 Å². The first kappa shape index (κ1) is 23.9. The van der Waals surface area contributed by atoms with Crippen LogP contribution in [0.1, 0.15) is 105 Å². The molecule has 0 aliphatic carbocycles. The molecule has 0 aromatic heterocycles. The quantitative estimate of drug-likeness (QED) is 0.199. The number of carbonyl (C=O) groups excluding carboxylic acids is 2. The van der Waals surface area contributed by atoms with Crippen LogP contribution in [-0.4, -0.2) is 24.6 Å². The average molecular weight is 357 g/mol. The van der Waals surface area contributed by atoms with Crippen LogP contribution in [0.15, 0.2) is 0 Å². The molecule has 0 spiro atoms. The summed E-state index contributed by atoms with van der Waals surface area (Å²) in [7, 11) is 0. The molecular formula is C21H40O4. The lowest BCUT2D eigenvalue weighted by molar-refractivity contribution is -0.157. The Morgan fingerprint density at radius 3 is 1.80 bits per heavy atom. The molecule has 0 heterocycles. The van der Waals surface area contributed by atoms with Crippen LogP contribution in [0.25, 0.3) is 0 Å². The van der Waals surface area contributed by atoms with Crippen molar-refractivity contribution in [2.24, 2.45) is 5.92 Å². The molecular weight excluding hydrogens is 316 g/mol. The van der Waals surface area contributed by atoms with Gasteiger partial charge in [0, 0.05) is 0 Å². The Labute approximate surface area is 155 Å². The predicted octanol–water partition coefficient (Wildman–Crippen LogP) is 5.82. The van der Waals surface area contributed by atoms with E-state index in [9.17, 15) is 9.59 Å². The Bertz CT molecular complexity index is 339. The van der Waals surface area contributed by atoms with Gasteiger partial charge in [0.25, 0.3) is 0 Å². The van der Waals surface area contributed by atoms with E-state index in [2.05, 4.69) is 20.8 Å². The summed E-state index contributed by atoms with van der Waals surface area (Å²) in [6, 6.07) is 0. The minimum absolute atomic E-state index is 0.151. The van der Waals surface area contributed by atoms with E-state index >= 15 is 0 Å². The smallest absolute Gasteiger partial charge is 0.317 e. The first-order valence-corrected chi connectivity index (χ1v) is 10.3. The second-order valence-electron chi connectivity index (χ2n) is 7.51. The zero-order valence-corrected chi connectivity index (χ0v) is 17.0. The number of ether oxygens (including phenoxy) is 2. The second kappa shape index (κ2) is 16.4. The summed E-state index contributed by atoms with van der Waals surface area (Å²) in [6.45, 7) is 8.65. The van der Waals surface area contributed by atoms with Crippen LogP contribution in [0, 0.1) is 5.92 Å². The van der Waals surface area contributed by atoms with Gasteiger partial charge in [0.1, 0.15) is 6.42 Å². The lowest BCUT2D eigenvalue weighted by Gasteiger charge is -2.14. The molecule has 1 unspecified atom stereocenters. The van der Waals surface area contributed by atoms with Gasteiger partial charge < -0.3 is 9.47 Å². The van der Waals surface area contributed by atoms with E-state index < -0.39 is 11.9 Å². The monoisotopic (exact) mass is 356 g/mol. The molecule has 0 fully saturated rings. The lowest BCUT2D eigenvalue weighted by atomic mass is 10.1. The molecule has 4 heteroatoms. The number of hydrogen-bond donors (Lipinski definition) is 0. The second-order valence-corrected chi connectivity index (χ2v) is 7.51. The van der Waals surface area contributed by atoms with Crippen molar-refractivity contribution in [3.05, 3.63) is 0 Å². The van der Waals surface area contributed by atoms with Crippen molar-refractivity contribution in [2.75, 3.05) is 6.61 Å². The largest absolute Gasteiger partial charge is 0.465 e. The Morgan fingerprint density at radius 1 is 0.760 bits per heavy atom. The van der Waals surface area contributed by atoms with Gasteiger partial charge in [-0.05, 0) is 25.7 Å². The van der Waals surface area contributed by atoms with Crippen molar-refractivity contribution >= 4 is 11.9 Å². The van der Waals surface area contributed by atoms with Crippen molar-refractivity contribution in [2.45, 2.75) is 111 Å². The van der Waals surface area contributed by atoms with E-state index in [1.54, 1.807) is 0 Å². The number of hydrogen-bond acceptors (Lipinski definition) is 4. The summed E-state index contributed by atoms with van der Waals surface area (Å²) in [5.74, 6) is -0.495. The van der Waals surface area contributed by atoms with E-state index in [-0.39, 0.29) is 12.5 Å². The van der Waals surface area contributed by atoms with Crippen LogP contribution in [0.2, 0.25) is 0 Å². The number of rotatable bonds is 16.